The van der Waals surface area contributed by atoms with Gasteiger partial charge in [0.15, 0.2) is 0 Å². The number of rotatable bonds is 2. The van der Waals surface area contributed by atoms with E-state index >= 15 is 0 Å². The van der Waals surface area contributed by atoms with Gasteiger partial charge in [-0.15, -0.1) is 11.3 Å². The van der Waals surface area contributed by atoms with Crippen LogP contribution in [0.15, 0.2) is 30.2 Å². The zero-order valence-corrected chi connectivity index (χ0v) is 12.0. The minimum Gasteiger partial charge on any atom is -0.354 e. The Kier molecular flexibility index (Phi) is 2.70. The minimum atomic E-state index is 0.437. The molecule has 6 heteroatoms. The van der Waals surface area contributed by atoms with Crippen molar-refractivity contribution in [1.29, 1.82) is 0 Å². The topological polar surface area (TPSA) is 46.8 Å². The molecule has 1 atom stereocenters. The predicted octanol–water partition coefficient (Wildman–Crippen LogP) is 2.65. The maximum Gasteiger partial charge on any atom is 0.140 e. The summed E-state index contributed by atoms with van der Waals surface area (Å²) in [5.41, 5.74) is 1.21. The first-order valence-corrected chi connectivity index (χ1v) is 7.63. The van der Waals surface area contributed by atoms with Gasteiger partial charge in [0.2, 0.25) is 0 Å². The lowest BCUT2D eigenvalue weighted by Crippen LogP contribution is -2.22. The lowest BCUT2D eigenvalue weighted by molar-refractivity contribution is 0.494. The molecule has 0 aromatic carbocycles. The summed E-state index contributed by atoms with van der Waals surface area (Å²) in [6.07, 6.45) is 6.81. The molecule has 5 nitrogen and oxygen atoms in total. The monoisotopic (exact) mass is 285 g/mol. The molecule has 0 aliphatic carbocycles. The minimum absolute atomic E-state index is 0.437. The molecule has 4 rings (SSSR count). The number of nitrogens with zero attached hydrogens (tertiary/aromatic N) is 5. The summed E-state index contributed by atoms with van der Waals surface area (Å²) in [6, 6.07) is 2.55. The standard InChI is InChI=1S/C14H15N5S/c1-10-6-17-19(7-10)11-2-4-18(8-11)13-12-3-5-20-14(12)16-9-15-13/h3,5-7,9,11H,2,4,8H2,1H3. The SMILES string of the molecule is Cc1cnn(C2CCN(c3ncnc4sccc34)C2)c1. The maximum absolute atomic E-state index is 4.49. The number of thiophene rings is 1. The van der Waals surface area contributed by atoms with E-state index in [2.05, 4.69) is 49.2 Å². The third-order valence-electron chi connectivity index (χ3n) is 3.81. The van der Waals surface area contributed by atoms with E-state index in [0.717, 1.165) is 35.5 Å². The van der Waals surface area contributed by atoms with E-state index in [9.17, 15) is 0 Å². The van der Waals surface area contributed by atoms with Crippen LogP contribution in [0.3, 0.4) is 0 Å². The smallest absolute Gasteiger partial charge is 0.140 e. The van der Waals surface area contributed by atoms with Crippen molar-refractivity contribution in [3.63, 3.8) is 0 Å². The summed E-state index contributed by atoms with van der Waals surface area (Å²) < 4.78 is 2.08. The van der Waals surface area contributed by atoms with Crippen LogP contribution in [-0.4, -0.2) is 32.8 Å². The van der Waals surface area contributed by atoms with Crippen LogP contribution in [0.5, 0.6) is 0 Å². The zero-order chi connectivity index (χ0) is 13.5. The Hall–Kier alpha value is -1.95. The second-order valence-corrected chi connectivity index (χ2v) is 6.12. The van der Waals surface area contributed by atoms with Crippen molar-refractivity contribution in [3.05, 3.63) is 35.7 Å². The van der Waals surface area contributed by atoms with Crippen LogP contribution in [0.25, 0.3) is 10.2 Å². The molecule has 0 amide bonds. The van der Waals surface area contributed by atoms with Crippen LogP contribution in [0.2, 0.25) is 0 Å². The fourth-order valence-corrected chi connectivity index (χ4v) is 3.54. The summed E-state index contributed by atoms with van der Waals surface area (Å²) in [5, 5.41) is 7.68. The molecule has 0 saturated carbocycles. The average molecular weight is 285 g/mol. The second kappa shape index (κ2) is 4.56. The van der Waals surface area contributed by atoms with Crippen molar-refractivity contribution in [1.82, 2.24) is 19.7 Å². The van der Waals surface area contributed by atoms with Crippen LogP contribution >= 0.6 is 11.3 Å². The van der Waals surface area contributed by atoms with Crippen LogP contribution in [0.4, 0.5) is 5.82 Å². The van der Waals surface area contributed by atoms with Crippen molar-refractivity contribution >= 4 is 27.4 Å². The summed E-state index contributed by atoms with van der Waals surface area (Å²) in [5.74, 6) is 1.06. The molecule has 4 heterocycles. The van der Waals surface area contributed by atoms with Crippen molar-refractivity contribution in [2.45, 2.75) is 19.4 Å². The van der Waals surface area contributed by atoms with E-state index in [1.165, 1.54) is 5.56 Å². The Morgan fingerprint density at radius 2 is 2.30 bits per heavy atom. The predicted molar refractivity (Wildman–Crippen MR) is 80.2 cm³/mol. The third kappa shape index (κ3) is 1.87. The molecule has 1 unspecified atom stereocenters. The highest BCUT2D eigenvalue weighted by atomic mass is 32.1. The molecular weight excluding hydrogens is 270 g/mol. The maximum atomic E-state index is 4.49. The van der Waals surface area contributed by atoms with Crippen LogP contribution in [0, 0.1) is 6.92 Å². The number of anilines is 1. The van der Waals surface area contributed by atoms with Gasteiger partial charge < -0.3 is 4.90 Å². The first-order valence-electron chi connectivity index (χ1n) is 6.75. The van der Waals surface area contributed by atoms with E-state index in [1.807, 2.05) is 6.20 Å². The van der Waals surface area contributed by atoms with Gasteiger partial charge in [-0.2, -0.15) is 5.10 Å². The Labute approximate surface area is 120 Å². The van der Waals surface area contributed by atoms with E-state index in [0.29, 0.717) is 6.04 Å². The summed E-state index contributed by atoms with van der Waals surface area (Å²) in [7, 11) is 0. The van der Waals surface area contributed by atoms with Crippen molar-refractivity contribution in [2.24, 2.45) is 0 Å². The van der Waals surface area contributed by atoms with Gasteiger partial charge in [-0.1, -0.05) is 0 Å². The van der Waals surface area contributed by atoms with E-state index in [4.69, 9.17) is 0 Å². The molecular formula is C14H15N5S. The number of hydrogen-bond donors (Lipinski definition) is 0. The summed E-state index contributed by atoms with van der Waals surface area (Å²) >= 11 is 1.67. The van der Waals surface area contributed by atoms with Crippen molar-refractivity contribution in [2.75, 3.05) is 18.0 Å². The quantitative estimate of drug-likeness (QED) is 0.726. The molecule has 0 N–H and O–H groups in total. The van der Waals surface area contributed by atoms with Crippen molar-refractivity contribution in [3.8, 4) is 0 Å². The number of aromatic nitrogens is 4. The van der Waals surface area contributed by atoms with Gasteiger partial charge in [0.05, 0.1) is 17.6 Å². The largest absolute Gasteiger partial charge is 0.354 e. The van der Waals surface area contributed by atoms with Gasteiger partial charge in [0, 0.05) is 19.3 Å². The lowest BCUT2D eigenvalue weighted by Gasteiger charge is -2.18. The molecule has 1 saturated heterocycles. The van der Waals surface area contributed by atoms with Gasteiger partial charge in [-0.3, -0.25) is 4.68 Å². The second-order valence-electron chi connectivity index (χ2n) is 5.22. The van der Waals surface area contributed by atoms with Crippen LogP contribution < -0.4 is 4.90 Å². The molecule has 102 valence electrons. The fourth-order valence-electron chi connectivity index (χ4n) is 2.81. The normalized spacial score (nSPS) is 19.1. The molecule has 3 aromatic heterocycles. The van der Waals surface area contributed by atoms with E-state index in [-0.39, 0.29) is 0 Å². The van der Waals surface area contributed by atoms with Crippen LogP contribution in [0.1, 0.15) is 18.0 Å². The van der Waals surface area contributed by atoms with Crippen molar-refractivity contribution < 1.29 is 0 Å². The van der Waals surface area contributed by atoms with E-state index < -0.39 is 0 Å². The highest BCUT2D eigenvalue weighted by Gasteiger charge is 2.26. The Bertz CT molecular complexity index is 747. The van der Waals surface area contributed by atoms with Gasteiger partial charge in [0.1, 0.15) is 17.0 Å². The van der Waals surface area contributed by atoms with Gasteiger partial charge in [-0.05, 0) is 30.4 Å². The molecule has 20 heavy (non-hydrogen) atoms. The number of aryl methyl sites for hydroxylation is 1. The zero-order valence-electron chi connectivity index (χ0n) is 11.2. The Morgan fingerprint density at radius 1 is 1.35 bits per heavy atom. The highest BCUT2D eigenvalue weighted by Crippen LogP contribution is 2.31. The first kappa shape index (κ1) is 11.8. The van der Waals surface area contributed by atoms with Crippen LogP contribution in [-0.2, 0) is 0 Å². The van der Waals surface area contributed by atoms with Gasteiger partial charge in [-0.25, -0.2) is 9.97 Å². The molecule has 0 radical (unpaired) electrons. The van der Waals surface area contributed by atoms with E-state index in [1.54, 1.807) is 17.7 Å². The molecule has 1 fully saturated rings. The fraction of sp³-hybridized carbons (Fsp3) is 0.357. The molecule has 0 bridgehead atoms. The average Bonchev–Trinajstić information content (AvgIpc) is 3.17. The number of fused-ring (bicyclic) bond motifs is 1. The first-order chi connectivity index (χ1) is 9.81. The molecule has 3 aromatic rings. The summed E-state index contributed by atoms with van der Waals surface area (Å²) in [4.78, 5) is 12.2. The third-order valence-corrected chi connectivity index (χ3v) is 4.63. The lowest BCUT2D eigenvalue weighted by atomic mass is 10.3. The summed E-state index contributed by atoms with van der Waals surface area (Å²) in [6.45, 7) is 4.06. The van der Waals surface area contributed by atoms with Gasteiger partial charge >= 0.3 is 0 Å². The molecule has 0 spiro atoms. The Morgan fingerprint density at radius 3 is 3.15 bits per heavy atom. The Balaban J connectivity index is 1.63. The van der Waals surface area contributed by atoms with Gasteiger partial charge in [0.25, 0.3) is 0 Å². The highest BCUT2D eigenvalue weighted by molar-refractivity contribution is 7.16. The number of hydrogen-bond acceptors (Lipinski definition) is 5. The molecule has 1 aliphatic rings. The molecule has 1 aliphatic heterocycles.